The van der Waals surface area contributed by atoms with Crippen LogP contribution in [0.15, 0.2) is 140 Å². The first-order valence-electron chi connectivity index (χ1n) is 13.4. The molecule has 0 spiro atoms. The van der Waals surface area contributed by atoms with E-state index in [-0.39, 0.29) is 0 Å². The summed E-state index contributed by atoms with van der Waals surface area (Å²) < 4.78 is 4.66. The fourth-order valence-electron chi connectivity index (χ4n) is 6.23. The highest BCUT2D eigenvalue weighted by Crippen LogP contribution is 2.40. The largest absolute Gasteiger partial charge is 0.309 e. The summed E-state index contributed by atoms with van der Waals surface area (Å²) in [5.41, 5.74) is 9.75. The van der Waals surface area contributed by atoms with Crippen molar-refractivity contribution in [2.75, 3.05) is 0 Å². The van der Waals surface area contributed by atoms with E-state index >= 15 is 0 Å². The summed E-state index contributed by atoms with van der Waals surface area (Å²) in [6.07, 6.45) is 0. The Morgan fingerprint density at radius 3 is 1.88 bits per heavy atom. The van der Waals surface area contributed by atoms with Gasteiger partial charge in [-0.3, -0.25) is 0 Å². The first-order valence-corrected chi connectivity index (χ1v) is 13.4. The van der Waals surface area contributed by atoms with Crippen molar-refractivity contribution >= 4 is 43.6 Å². The predicted octanol–water partition coefficient (Wildman–Crippen LogP) is 9.42. The van der Waals surface area contributed by atoms with Crippen molar-refractivity contribution in [2.45, 2.75) is 0 Å². The van der Waals surface area contributed by atoms with Gasteiger partial charge in [0.05, 0.1) is 33.7 Å². The standard InChI is InChI=1S/C37H23N3/c38-24-25-10-8-13-28(22-25)39-34-18-6-4-14-30(34)32-21-20-26(23-36(32)39)29-16-9-17-33-31-15-5-7-19-35(31)40(37(29)33)27-11-2-1-3-12-27/h1-23H. The minimum absolute atomic E-state index is 0.650. The van der Waals surface area contributed by atoms with E-state index in [1.165, 1.54) is 38.1 Å². The van der Waals surface area contributed by atoms with Crippen LogP contribution in [0, 0.1) is 11.3 Å². The number of nitrogens with zero attached hydrogens (tertiary/aromatic N) is 3. The van der Waals surface area contributed by atoms with Gasteiger partial charge in [-0.25, -0.2) is 0 Å². The van der Waals surface area contributed by atoms with Gasteiger partial charge in [-0.1, -0.05) is 91.0 Å². The maximum absolute atomic E-state index is 9.60. The van der Waals surface area contributed by atoms with Gasteiger partial charge in [0, 0.05) is 38.5 Å². The Labute approximate surface area is 231 Å². The van der Waals surface area contributed by atoms with Gasteiger partial charge in [0.2, 0.25) is 0 Å². The Morgan fingerprint density at radius 1 is 0.450 bits per heavy atom. The van der Waals surface area contributed by atoms with Crippen molar-refractivity contribution in [3.8, 4) is 28.6 Å². The number of hydrogen-bond acceptors (Lipinski definition) is 1. The molecule has 8 aromatic rings. The number of fused-ring (bicyclic) bond motifs is 6. The van der Waals surface area contributed by atoms with E-state index in [0.717, 1.165) is 28.0 Å². The van der Waals surface area contributed by atoms with E-state index in [0.29, 0.717) is 5.56 Å². The Balaban J connectivity index is 1.47. The lowest BCUT2D eigenvalue weighted by Gasteiger charge is -2.13. The summed E-state index contributed by atoms with van der Waals surface area (Å²) >= 11 is 0. The van der Waals surface area contributed by atoms with Crippen molar-refractivity contribution in [3.63, 3.8) is 0 Å². The van der Waals surface area contributed by atoms with E-state index in [1.807, 2.05) is 18.2 Å². The maximum atomic E-state index is 9.60. The first-order chi connectivity index (χ1) is 19.8. The smallest absolute Gasteiger partial charge is 0.0992 e. The number of benzene rings is 6. The number of nitriles is 1. The van der Waals surface area contributed by atoms with E-state index in [1.54, 1.807) is 0 Å². The van der Waals surface area contributed by atoms with Gasteiger partial charge in [-0.2, -0.15) is 5.26 Å². The highest BCUT2D eigenvalue weighted by atomic mass is 15.0. The Bertz CT molecular complexity index is 2280. The molecule has 0 saturated heterocycles. The number of rotatable bonds is 3. The molecule has 0 fully saturated rings. The van der Waals surface area contributed by atoms with Crippen molar-refractivity contribution in [3.05, 3.63) is 145 Å². The summed E-state index contributed by atoms with van der Waals surface area (Å²) in [5, 5.41) is 14.5. The van der Waals surface area contributed by atoms with Crippen LogP contribution in [0.25, 0.3) is 66.1 Å². The highest BCUT2D eigenvalue weighted by Gasteiger charge is 2.18. The lowest BCUT2D eigenvalue weighted by Crippen LogP contribution is -1.96. The molecule has 186 valence electrons. The highest BCUT2D eigenvalue weighted by molar-refractivity contribution is 6.15. The fraction of sp³-hybridized carbons (Fsp3) is 0. The molecule has 0 atom stereocenters. The number of hydrogen-bond donors (Lipinski definition) is 0. The van der Waals surface area contributed by atoms with Crippen LogP contribution >= 0.6 is 0 Å². The molecular weight excluding hydrogens is 486 g/mol. The molecule has 0 saturated carbocycles. The molecule has 0 amide bonds. The first kappa shape index (κ1) is 22.4. The SMILES string of the molecule is N#Cc1cccc(-n2c3ccccc3c3ccc(-c4cccc5c6ccccc6n(-c6ccccc6)c45)cc32)c1. The maximum Gasteiger partial charge on any atom is 0.0992 e. The van der Waals surface area contributed by atoms with E-state index in [9.17, 15) is 5.26 Å². The monoisotopic (exact) mass is 509 g/mol. The van der Waals surface area contributed by atoms with E-state index in [4.69, 9.17) is 0 Å². The lowest BCUT2D eigenvalue weighted by molar-refractivity contribution is 1.17. The van der Waals surface area contributed by atoms with Crippen LogP contribution in [0.5, 0.6) is 0 Å². The molecule has 3 nitrogen and oxygen atoms in total. The number of aromatic nitrogens is 2. The molecule has 8 rings (SSSR count). The molecule has 0 aliphatic heterocycles. The molecule has 0 N–H and O–H groups in total. The summed E-state index contributed by atoms with van der Waals surface area (Å²) in [6, 6.07) is 51.3. The Hall–Kier alpha value is -5.59. The quantitative estimate of drug-likeness (QED) is 0.233. The Kier molecular flexibility index (Phi) is 4.89. The molecular formula is C37H23N3. The van der Waals surface area contributed by atoms with Crippen LogP contribution in [0.4, 0.5) is 0 Å². The van der Waals surface area contributed by atoms with Crippen LogP contribution in [-0.2, 0) is 0 Å². The van der Waals surface area contributed by atoms with Gasteiger partial charge in [0.1, 0.15) is 0 Å². The topological polar surface area (TPSA) is 33.6 Å². The molecule has 2 heterocycles. The van der Waals surface area contributed by atoms with Gasteiger partial charge >= 0.3 is 0 Å². The zero-order valence-electron chi connectivity index (χ0n) is 21.6. The molecule has 0 aliphatic carbocycles. The second kappa shape index (κ2) is 8.73. The number of para-hydroxylation sites is 4. The summed E-state index contributed by atoms with van der Waals surface area (Å²) in [5.74, 6) is 0. The third-order valence-corrected chi connectivity index (χ3v) is 7.93. The summed E-state index contributed by atoms with van der Waals surface area (Å²) in [6.45, 7) is 0. The van der Waals surface area contributed by atoms with Gasteiger partial charge in [-0.05, 0) is 54.1 Å². The molecule has 2 aromatic heterocycles. The van der Waals surface area contributed by atoms with Gasteiger partial charge in [-0.15, -0.1) is 0 Å². The van der Waals surface area contributed by atoms with E-state index < -0.39 is 0 Å². The fourth-order valence-corrected chi connectivity index (χ4v) is 6.23. The molecule has 0 radical (unpaired) electrons. The summed E-state index contributed by atoms with van der Waals surface area (Å²) in [7, 11) is 0. The molecule has 3 heteroatoms. The molecule has 40 heavy (non-hydrogen) atoms. The normalized spacial score (nSPS) is 11.5. The van der Waals surface area contributed by atoms with Crippen molar-refractivity contribution in [1.29, 1.82) is 5.26 Å². The van der Waals surface area contributed by atoms with Crippen LogP contribution in [0.2, 0.25) is 0 Å². The van der Waals surface area contributed by atoms with Crippen molar-refractivity contribution < 1.29 is 0 Å². The predicted molar refractivity (Wildman–Crippen MR) is 165 cm³/mol. The average Bonchev–Trinajstić information content (AvgIpc) is 3.54. The van der Waals surface area contributed by atoms with Gasteiger partial charge < -0.3 is 9.13 Å². The minimum atomic E-state index is 0.650. The molecule has 0 aliphatic rings. The zero-order chi connectivity index (χ0) is 26.6. The molecule has 6 aromatic carbocycles. The zero-order valence-corrected chi connectivity index (χ0v) is 21.6. The molecule has 0 unspecified atom stereocenters. The van der Waals surface area contributed by atoms with Crippen molar-refractivity contribution in [2.24, 2.45) is 0 Å². The van der Waals surface area contributed by atoms with Gasteiger partial charge in [0.15, 0.2) is 0 Å². The second-order valence-electron chi connectivity index (χ2n) is 10.1. The third kappa shape index (κ3) is 3.24. The van der Waals surface area contributed by atoms with E-state index in [2.05, 4.69) is 137 Å². The van der Waals surface area contributed by atoms with Crippen LogP contribution in [-0.4, -0.2) is 9.13 Å². The van der Waals surface area contributed by atoms with Crippen LogP contribution in [0.3, 0.4) is 0 Å². The molecule has 0 bridgehead atoms. The Morgan fingerprint density at radius 2 is 1.07 bits per heavy atom. The third-order valence-electron chi connectivity index (χ3n) is 7.93. The lowest BCUT2D eigenvalue weighted by atomic mass is 10.0. The van der Waals surface area contributed by atoms with Crippen molar-refractivity contribution in [1.82, 2.24) is 9.13 Å². The van der Waals surface area contributed by atoms with Crippen LogP contribution < -0.4 is 0 Å². The van der Waals surface area contributed by atoms with Crippen LogP contribution in [0.1, 0.15) is 5.56 Å². The average molecular weight is 510 g/mol. The summed E-state index contributed by atoms with van der Waals surface area (Å²) in [4.78, 5) is 0. The second-order valence-corrected chi connectivity index (χ2v) is 10.1. The minimum Gasteiger partial charge on any atom is -0.309 e. The van der Waals surface area contributed by atoms with Gasteiger partial charge in [0.25, 0.3) is 0 Å².